The highest BCUT2D eigenvalue weighted by atomic mass is 16.1. The minimum Gasteiger partial charge on any atom is -0.364 e. The summed E-state index contributed by atoms with van der Waals surface area (Å²) in [7, 11) is 0. The maximum Gasteiger partial charge on any atom is 0.288 e. The Morgan fingerprint density at radius 2 is 2.06 bits per heavy atom. The molecule has 0 aliphatic carbocycles. The second-order valence-corrected chi connectivity index (χ2v) is 3.69. The Hall–Kier alpha value is -2.63. The van der Waals surface area contributed by atoms with E-state index in [1.54, 1.807) is 0 Å². The smallest absolute Gasteiger partial charge is 0.288 e. The first-order valence-electron chi connectivity index (χ1n) is 4.97. The summed E-state index contributed by atoms with van der Waals surface area (Å²) in [5.74, 6) is -0.670. The molecule has 0 aliphatic heterocycles. The number of nitrogens with zero attached hydrogens (tertiary/aromatic N) is 1. The Morgan fingerprint density at radius 1 is 1.29 bits per heavy atom. The van der Waals surface area contributed by atoms with Crippen LogP contribution < -0.4 is 11.3 Å². The summed E-state index contributed by atoms with van der Waals surface area (Å²) in [4.78, 5) is 25.9. The van der Waals surface area contributed by atoms with E-state index in [1.165, 1.54) is 0 Å². The third-order valence-electron chi connectivity index (χ3n) is 2.67. The van der Waals surface area contributed by atoms with E-state index in [2.05, 4.69) is 15.2 Å². The lowest BCUT2D eigenvalue weighted by molar-refractivity contribution is 0.0996. The number of hydrogen-bond donors (Lipinski definition) is 3. The Bertz CT molecular complexity index is 800. The predicted molar refractivity (Wildman–Crippen MR) is 62.7 cm³/mol. The molecule has 1 aromatic carbocycles. The second-order valence-electron chi connectivity index (χ2n) is 3.69. The van der Waals surface area contributed by atoms with Gasteiger partial charge in [0.2, 0.25) is 0 Å². The van der Waals surface area contributed by atoms with Crippen LogP contribution in [0.2, 0.25) is 0 Å². The van der Waals surface area contributed by atoms with Crippen LogP contribution in [0, 0.1) is 0 Å². The number of primary amides is 1. The summed E-state index contributed by atoms with van der Waals surface area (Å²) >= 11 is 0. The number of rotatable bonds is 1. The van der Waals surface area contributed by atoms with Gasteiger partial charge < -0.3 is 10.7 Å². The van der Waals surface area contributed by atoms with Gasteiger partial charge in [-0.2, -0.15) is 5.10 Å². The fourth-order valence-corrected chi connectivity index (χ4v) is 1.95. The molecule has 0 atom stereocenters. The van der Waals surface area contributed by atoms with Gasteiger partial charge in [-0.3, -0.25) is 9.59 Å². The number of para-hydroxylation sites is 1. The zero-order valence-electron chi connectivity index (χ0n) is 8.65. The minimum atomic E-state index is -0.670. The number of nitrogens with two attached hydrogens (primary N) is 1. The molecule has 17 heavy (non-hydrogen) atoms. The molecule has 1 amide bonds. The van der Waals surface area contributed by atoms with Crippen molar-refractivity contribution >= 4 is 27.7 Å². The second kappa shape index (κ2) is 3.18. The van der Waals surface area contributed by atoms with Crippen molar-refractivity contribution in [3.63, 3.8) is 0 Å². The van der Waals surface area contributed by atoms with Gasteiger partial charge in [0.1, 0.15) is 5.52 Å². The van der Waals surface area contributed by atoms with Crippen LogP contribution in [-0.4, -0.2) is 21.1 Å². The molecule has 0 saturated carbocycles. The van der Waals surface area contributed by atoms with Crippen LogP contribution in [0.25, 0.3) is 21.8 Å². The van der Waals surface area contributed by atoms with E-state index in [9.17, 15) is 9.59 Å². The number of H-pyrrole nitrogens is 2. The average Bonchev–Trinajstić information content (AvgIpc) is 2.69. The summed E-state index contributed by atoms with van der Waals surface area (Å²) in [6.07, 6.45) is 0. The molecule has 2 aromatic heterocycles. The van der Waals surface area contributed by atoms with Crippen molar-refractivity contribution in [2.45, 2.75) is 0 Å². The van der Waals surface area contributed by atoms with E-state index in [4.69, 9.17) is 5.73 Å². The molecule has 0 radical (unpaired) electrons. The van der Waals surface area contributed by atoms with Gasteiger partial charge in [-0.25, -0.2) is 5.10 Å². The van der Waals surface area contributed by atoms with Gasteiger partial charge >= 0.3 is 0 Å². The van der Waals surface area contributed by atoms with Gasteiger partial charge in [0.15, 0.2) is 5.69 Å². The molecule has 2 heterocycles. The average molecular weight is 228 g/mol. The molecule has 3 rings (SSSR count). The highest BCUT2D eigenvalue weighted by Crippen LogP contribution is 2.24. The molecule has 0 fully saturated rings. The SMILES string of the molecule is NC(=O)c1n[nH]c(=O)c2[nH]c3ccccc3c12. The maximum atomic E-state index is 11.6. The van der Waals surface area contributed by atoms with Crippen molar-refractivity contribution in [3.8, 4) is 0 Å². The largest absolute Gasteiger partial charge is 0.364 e. The molecular weight excluding hydrogens is 220 g/mol. The Morgan fingerprint density at radius 3 is 2.82 bits per heavy atom. The molecule has 0 saturated heterocycles. The minimum absolute atomic E-state index is 0.0667. The van der Waals surface area contributed by atoms with Crippen LogP contribution in [0.3, 0.4) is 0 Å². The molecule has 0 bridgehead atoms. The van der Waals surface area contributed by atoms with Gasteiger partial charge in [0.05, 0.1) is 0 Å². The predicted octanol–water partition coefficient (Wildman–Crippen LogP) is 0.503. The van der Waals surface area contributed by atoms with Crippen molar-refractivity contribution in [2.24, 2.45) is 5.73 Å². The Kier molecular flexibility index (Phi) is 1.79. The third kappa shape index (κ3) is 1.24. The van der Waals surface area contributed by atoms with Crippen LogP contribution in [-0.2, 0) is 0 Å². The van der Waals surface area contributed by atoms with Crippen molar-refractivity contribution in [1.29, 1.82) is 0 Å². The normalized spacial score (nSPS) is 11.1. The van der Waals surface area contributed by atoms with Gasteiger partial charge in [0.25, 0.3) is 11.5 Å². The van der Waals surface area contributed by atoms with Crippen molar-refractivity contribution in [3.05, 3.63) is 40.3 Å². The summed E-state index contributed by atoms with van der Waals surface area (Å²) in [6, 6.07) is 7.28. The number of nitrogens with one attached hydrogen (secondary N) is 2. The number of benzene rings is 1. The van der Waals surface area contributed by atoms with E-state index < -0.39 is 5.91 Å². The van der Waals surface area contributed by atoms with E-state index in [-0.39, 0.29) is 11.3 Å². The molecule has 84 valence electrons. The lowest BCUT2D eigenvalue weighted by Gasteiger charge is -1.96. The van der Waals surface area contributed by atoms with Crippen LogP contribution in [0.15, 0.2) is 29.1 Å². The lowest BCUT2D eigenvalue weighted by atomic mass is 10.1. The van der Waals surface area contributed by atoms with Crippen LogP contribution in [0.4, 0.5) is 0 Å². The molecule has 0 unspecified atom stereocenters. The van der Waals surface area contributed by atoms with Gasteiger partial charge in [-0.15, -0.1) is 0 Å². The van der Waals surface area contributed by atoms with Gasteiger partial charge in [0, 0.05) is 16.3 Å². The molecule has 6 nitrogen and oxygen atoms in total. The fraction of sp³-hybridized carbons (Fsp3) is 0. The van der Waals surface area contributed by atoms with Crippen LogP contribution in [0.5, 0.6) is 0 Å². The van der Waals surface area contributed by atoms with E-state index >= 15 is 0 Å². The Balaban J connectivity index is 2.65. The van der Waals surface area contributed by atoms with Crippen molar-refractivity contribution in [1.82, 2.24) is 15.2 Å². The summed E-state index contributed by atoms with van der Waals surface area (Å²) < 4.78 is 0. The number of carbonyl (C=O) groups excluding carboxylic acids is 1. The van der Waals surface area contributed by atoms with E-state index in [0.717, 1.165) is 10.9 Å². The molecule has 6 heteroatoms. The first-order chi connectivity index (χ1) is 8.18. The number of carbonyl (C=O) groups is 1. The number of aromatic nitrogens is 3. The number of hydrogen-bond acceptors (Lipinski definition) is 3. The Labute approximate surface area is 94.4 Å². The molecule has 4 N–H and O–H groups in total. The molecule has 3 aromatic rings. The molecule has 0 spiro atoms. The summed E-state index contributed by atoms with van der Waals surface area (Å²) in [6.45, 7) is 0. The molecular formula is C11H8N4O2. The van der Waals surface area contributed by atoms with Crippen molar-refractivity contribution in [2.75, 3.05) is 0 Å². The van der Waals surface area contributed by atoms with Gasteiger partial charge in [-0.1, -0.05) is 18.2 Å². The maximum absolute atomic E-state index is 11.6. The van der Waals surface area contributed by atoms with Crippen LogP contribution in [0.1, 0.15) is 10.5 Å². The zero-order chi connectivity index (χ0) is 12.0. The number of aromatic amines is 2. The number of amides is 1. The van der Waals surface area contributed by atoms with E-state index in [0.29, 0.717) is 10.9 Å². The first kappa shape index (κ1) is 9.59. The summed E-state index contributed by atoms with van der Waals surface area (Å²) in [5, 5.41) is 7.17. The zero-order valence-corrected chi connectivity index (χ0v) is 8.65. The lowest BCUT2D eigenvalue weighted by Crippen LogP contribution is -2.18. The van der Waals surface area contributed by atoms with Gasteiger partial charge in [-0.05, 0) is 6.07 Å². The molecule has 0 aliphatic rings. The quantitative estimate of drug-likeness (QED) is 0.564. The number of fused-ring (bicyclic) bond motifs is 3. The first-order valence-corrected chi connectivity index (χ1v) is 4.97. The van der Waals surface area contributed by atoms with Crippen LogP contribution >= 0.6 is 0 Å². The highest BCUT2D eigenvalue weighted by Gasteiger charge is 2.15. The topological polar surface area (TPSA) is 105 Å². The summed E-state index contributed by atoms with van der Waals surface area (Å²) in [5.41, 5.74) is 6.02. The fourth-order valence-electron chi connectivity index (χ4n) is 1.95. The third-order valence-corrected chi connectivity index (χ3v) is 2.67. The monoisotopic (exact) mass is 228 g/mol. The van der Waals surface area contributed by atoms with E-state index in [1.807, 2.05) is 24.3 Å². The standard InChI is InChI=1S/C11H8N4O2/c12-10(16)8-7-5-3-1-2-4-6(5)13-9(7)11(17)15-14-8/h1-4,13H,(H2,12,16)(H,15,17). The highest BCUT2D eigenvalue weighted by molar-refractivity contribution is 6.15. The van der Waals surface area contributed by atoms with Crippen molar-refractivity contribution < 1.29 is 4.79 Å².